The van der Waals surface area contributed by atoms with Crippen LogP contribution in [0.25, 0.3) is 0 Å². The molecule has 2 atom stereocenters. The predicted molar refractivity (Wildman–Crippen MR) is 91.7 cm³/mol. The topological polar surface area (TPSA) is 29.3 Å². The summed E-state index contributed by atoms with van der Waals surface area (Å²) in [5.41, 5.74) is 6.42. The minimum absolute atomic E-state index is 0.179. The Morgan fingerprint density at radius 1 is 1.15 bits per heavy atom. The highest BCUT2D eigenvalue weighted by Crippen LogP contribution is 2.33. The first-order chi connectivity index (χ1) is 9.63. The van der Waals surface area contributed by atoms with E-state index in [0.29, 0.717) is 6.04 Å². The first-order valence-corrected chi connectivity index (χ1v) is 9.08. The maximum atomic E-state index is 6.42. The lowest BCUT2D eigenvalue weighted by molar-refractivity contribution is 0.167. The van der Waals surface area contributed by atoms with Crippen LogP contribution in [0, 0.1) is 0 Å². The molecule has 1 rings (SSSR count). The average Bonchev–Trinajstić information content (AvgIpc) is 2.87. The number of nitrogens with zero attached hydrogens (tertiary/aromatic N) is 1. The van der Waals surface area contributed by atoms with Gasteiger partial charge in [0.05, 0.1) is 10.4 Å². The second kappa shape index (κ2) is 9.78. The van der Waals surface area contributed by atoms with Gasteiger partial charge in [-0.2, -0.15) is 0 Å². The monoisotopic (exact) mass is 316 g/mol. The first-order valence-electron chi connectivity index (χ1n) is 7.88. The number of rotatable bonds is 10. The third kappa shape index (κ3) is 5.36. The molecular formula is C16H29ClN2S. The molecule has 20 heavy (non-hydrogen) atoms. The van der Waals surface area contributed by atoms with Gasteiger partial charge in [-0.15, -0.1) is 11.3 Å². The summed E-state index contributed by atoms with van der Waals surface area (Å²) >= 11 is 7.80. The molecule has 1 aromatic rings. The fraction of sp³-hybridized carbons (Fsp3) is 0.750. The number of hydrogen-bond donors (Lipinski definition) is 1. The molecule has 2 nitrogen and oxygen atoms in total. The zero-order valence-electron chi connectivity index (χ0n) is 13.1. The van der Waals surface area contributed by atoms with Gasteiger partial charge in [-0.3, -0.25) is 4.90 Å². The molecule has 0 radical (unpaired) electrons. The standard InChI is InChI=1S/C16H29ClN2S/c1-4-7-11-19(12-8-5-2)16(13(18)6-3)14-9-10-15(17)20-14/h9-10,13,16H,4-8,11-12,18H2,1-3H3. The number of halogens is 1. The van der Waals surface area contributed by atoms with Crippen LogP contribution < -0.4 is 5.73 Å². The van der Waals surface area contributed by atoms with Gasteiger partial charge in [-0.25, -0.2) is 0 Å². The van der Waals surface area contributed by atoms with E-state index >= 15 is 0 Å². The van der Waals surface area contributed by atoms with Gasteiger partial charge < -0.3 is 5.73 Å². The highest BCUT2D eigenvalue weighted by molar-refractivity contribution is 7.16. The maximum Gasteiger partial charge on any atom is 0.0931 e. The Morgan fingerprint density at radius 3 is 2.15 bits per heavy atom. The summed E-state index contributed by atoms with van der Waals surface area (Å²) < 4.78 is 0.860. The fourth-order valence-electron chi connectivity index (χ4n) is 2.48. The Morgan fingerprint density at radius 2 is 1.75 bits per heavy atom. The van der Waals surface area contributed by atoms with Gasteiger partial charge in [0.1, 0.15) is 0 Å². The van der Waals surface area contributed by atoms with Crippen LogP contribution in [0.5, 0.6) is 0 Å². The van der Waals surface area contributed by atoms with Crippen molar-refractivity contribution >= 4 is 22.9 Å². The van der Waals surface area contributed by atoms with E-state index in [1.54, 1.807) is 11.3 Å². The molecule has 2 unspecified atom stereocenters. The molecular weight excluding hydrogens is 288 g/mol. The molecule has 0 bridgehead atoms. The van der Waals surface area contributed by atoms with E-state index in [9.17, 15) is 0 Å². The molecule has 1 aromatic heterocycles. The summed E-state index contributed by atoms with van der Waals surface area (Å²) in [4.78, 5) is 3.89. The van der Waals surface area contributed by atoms with Crippen LogP contribution in [0.2, 0.25) is 4.34 Å². The van der Waals surface area contributed by atoms with Gasteiger partial charge in [-0.1, -0.05) is 45.2 Å². The summed E-state index contributed by atoms with van der Waals surface area (Å²) in [5, 5.41) is 0. The average molecular weight is 317 g/mol. The summed E-state index contributed by atoms with van der Waals surface area (Å²) in [6.07, 6.45) is 5.91. The van der Waals surface area contributed by atoms with Crippen molar-refractivity contribution in [3.05, 3.63) is 21.3 Å². The van der Waals surface area contributed by atoms with Crippen molar-refractivity contribution in [2.45, 2.75) is 65.0 Å². The van der Waals surface area contributed by atoms with Gasteiger partial charge in [0.2, 0.25) is 0 Å². The molecule has 0 aliphatic carbocycles. The molecule has 0 aliphatic rings. The number of unbranched alkanes of at least 4 members (excludes halogenated alkanes) is 2. The van der Waals surface area contributed by atoms with Crippen molar-refractivity contribution in [1.82, 2.24) is 4.90 Å². The molecule has 0 saturated heterocycles. The zero-order chi connectivity index (χ0) is 15.0. The molecule has 1 heterocycles. The first kappa shape index (κ1) is 18.0. The number of hydrogen-bond acceptors (Lipinski definition) is 3. The van der Waals surface area contributed by atoms with E-state index in [4.69, 9.17) is 17.3 Å². The van der Waals surface area contributed by atoms with Crippen LogP contribution in [0.4, 0.5) is 0 Å². The van der Waals surface area contributed by atoms with E-state index in [2.05, 4.69) is 31.7 Å². The van der Waals surface area contributed by atoms with Crippen molar-refractivity contribution in [2.24, 2.45) is 5.73 Å². The van der Waals surface area contributed by atoms with Crippen molar-refractivity contribution in [2.75, 3.05) is 13.1 Å². The smallest absolute Gasteiger partial charge is 0.0931 e. The molecule has 4 heteroatoms. The minimum Gasteiger partial charge on any atom is -0.326 e. The lowest BCUT2D eigenvalue weighted by Gasteiger charge is -2.35. The molecule has 2 N–H and O–H groups in total. The lowest BCUT2D eigenvalue weighted by atomic mass is 10.0. The summed E-state index contributed by atoms with van der Waals surface area (Å²) in [7, 11) is 0. The van der Waals surface area contributed by atoms with E-state index in [1.807, 2.05) is 6.07 Å². The quantitative estimate of drug-likeness (QED) is 0.652. The normalized spacial score (nSPS) is 14.7. The molecule has 0 aromatic carbocycles. The molecule has 0 fully saturated rings. The Balaban J connectivity index is 2.90. The predicted octanol–water partition coefficient (Wildman–Crippen LogP) is 5.08. The fourth-order valence-corrected chi connectivity index (χ4v) is 3.76. The Bertz CT molecular complexity index is 359. The Hall–Kier alpha value is -0.0900. The summed E-state index contributed by atoms with van der Waals surface area (Å²) in [6, 6.07) is 4.64. The molecule has 0 amide bonds. The van der Waals surface area contributed by atoms with E-state index in [-0.39, 0.29) is 6.04 Å². The Labute approximate surface area is 133 Å². The van der Waals surface area contributed by atoms with Crippen molar-refractivity contribution in [1.29, 1.82) is 0 Å². The SMILES string of the molecule is CCCCN(CCCC)C(c1ccc(Cl)s1)C(N)CC. The van der Waals surface area contributed by atoms with Crippen LogP contribution in [0.1, 0.15) is 63.8 Å². The third-order valence-corrected chi connectivity index (χ3v) is 5.06. The van der Waals surface area contributed by atoms with Crippen LogP contribution >= 0.6 is 22.9 Å². The van der Waals surface area contributed by atoms with Gasteiger partial charge in [-0.05, 0) is 44.5 Å². The Kier molecular flexibility index (Phi) is 8.78. The minimum atomic E-state index is 0.179. The molecule has 116 valence electrons. The third-order valence-electron chi connectivity index (χ3n) is 3.75. The summed E-state index contributed by atoms with van der Waals surface area (Å²) in [5.74, 6) is 0. The van der Waals surface area contributed by atoms with Gasteiger partial charge in [0.25, 0.3) is 0 Å². The van der Waals surface area contributed by atoms with Crippen molar-refractivity contribution in [3.63, 3.8) is 0 Å². The van der Waals surface area contributed by atoms with Gasteiger partial charge in [0.15, 0.2) is 0 Å². The number of thiophene rings is 1. The maximum absolute atomic E-state index is 6.42. The van der Waals surface area contributed by atoms with Crippen LogP contribution in [0.15, 0.2) is 12.1 Å². The highest BCUT2D eigenvalue weighted by Gasteiger charge is 2.26. The van der Waals surface area contributed by atoms with Crippen LogP contribution in [-0.2, 0) is 0 Å². The molecule has 0 aliphatic heterocycles. The van der Waals surface area contributed by atoms with Crippen molar-refractivity contribution in [3.8, 4) is 0 Å². The van der Waals surface area contributed by atoms with Crippen LogP contribution in [0.3, 0.4) is 0 Å². The second-order valence-electron chi connectivity index (χ2n) is 5.40. The largest absolute Gasteiger partial charge is 0.326 e. The molecule has 0 saturated carbocycles. The summed E-state index contributed by atoms with van der Waals surface area (Å²) in [6.45, 7) is 8.92. The van der Waals surface area contributed by atoms with Crippen molar-refractivity contribution < 1.29 is 0 Å². The van der Waals surface area contributed by atoms with Gasteiger partial charge in [0, 0.05) is 10.9 Å². The van der Waals surface area contributed by atoms with Gasteiger partial charge >= 0.3 is 0 Å². The number of nitrogens with two attached hydrogens (primary N) is 1. The highest BCUT2D eigenvalue weighted by atomic mass is 35.5. The molecule has 0 spiro atoms. The van der Waals surface area contributed by atoms with E-state index in [1.165, 1.54) is 30.6 Å². The zero-order valence-corrected chi connectivity index (χ0v) is 14.6. The van der Waals surface area contributed by atoms with Crippen LogP contribution in [-0.4, -0.2) is 24.0 Å². The van der Waals surface area contributed by atoms with E-state index < -0.39 is 0 Å². The lowest BCUT2D eigenvalue weighted by Crippen LogP contribution is -2.41. The van der Waals surface area contributed by atoms with E-state index in [0.717, 1.165) is 23.8 Å². The second-order valence-corrected chi connectivity index (χ2v) is 7.15.